The maximum atomic E-state index is 11.9. The Labute approximate surface area is 118 Å². The lowest BCUT2D eigenvalue weighted by Crippen LogP contribution is -2.24. The molecule has 1 aromatic carbocycles. The Hall–Kier alpha value is -1.31. The third-order valence-electron chi connectivity index (χ3n) is 3.06. The minimum atomic E-state index is -3.19. The Morgan fingerprint density at radius 3 is 2.85 bits per heavy atom. The first-order valence-electron chi connectivity index (χ1n) is 6.36. The third-order valence-corrected chi connectivity index (χ3v) is 4.84. The molecule has 2 N–H and O–H groups in total. The molecular weight excluding hydrogens is 282 g/mol. The molecule has 1 aliphatic rings. The second kappa shape index (κ2) is 6.43. The van der Waals surface area contributed by atoms with Crippen molar-refractivity contribution < 1.29 is 22.6 Å². The van der Waals surface area contributed by atoms with E-state index in [2.05, 4.69) is 0 Å². The van der Waals surface area contributed by atoms with Crippen LogP contribution in [0.2, 0.25) is 0 Å². The molecule has 2 rings (SSSR count). The summed E-state index contributed by atoms with van der Waals surface area (Å²) in [5.74, 6) is 1.26. The summed E-state index contributed by atoms with van der Waals surface area (Å²) in [5, 5.41) is 0. The van der Waals surface area contributed by atoms with Gasteiger partial charge in [0.1, 0.15) is 0 Å². The topological polar surface area (TPSA) is 87.9 Å². The minimum absolute atomic E-state index is 0.0824. The zero-order valence-electron chi connectivity index (χ0n) is 11.4. The number of rotatable bonds is 7. The van der Waals surface area contributed by atoms with E-state index in [1.165, 1.54) is 0 Å². The lowest BCUT2D eigenvalue weighted by molar-refractivity contribution is 0.174. The largest absolute Gasteiger partial charge is 0.454 e. The number of benzene rings is 1. The van der Waals surface area contributed by atoms with Crippen molar-refractivity contribution in [1.82, 2.24) is 0 Å². The first-order chi connectivity index (χ1) is 9.52. The molecule has 0 fully saturated rings. The Balaban J connectivity index is 1.99. The summed E-state index contributed by atoms with van der Waals surface area (Å²) >= 11 is 0. The van der Waals surface area contributed by atoms with Crippen LogP contribution in [-0.2, 0) is 14.6 Å². The highest BCUT2D eigenvalue weighted by molar-refractivity contribution is 7.91. The zero-order valence-corrected chi connectivity index (χ0v) is 12.2. The van der Waals surface area contributed by atoms with Gasteiger partial charge in [0.2, 0.25) is 6.79 Å². The second-order valence-electron chi connectivity index (χ2n) is 4.68. The quantitative estimate of drug-likeness (QED) is 0.752. The van der Waals surface area contributed by atoms with Crippen molar-refractivity contribution in [3.05, 3.63) is 23.8 Å². The van der Waals surface area contributed by atoms with E-state index < -0.39 is 15.9 Å². The first kappa shape index (κ1) is 15.1. The molecule has 0 radical (unpaired) electrons. The van der Waals surface area contributed by atoms with Gasteiger partial charge in [0, 0.05) is 19.8 Å². The Bertz CT molecular complexity index is 558. The smallest absolute Gasteiger partial charge is 0.231 e. The molecule has 1 aliphatic heterocycles. The average molecular weight is 301 g/mol. The number of sulfone groups is 1. The predicted octanol–water partition coefficient (Wildman–Crippen LogP) is 0.866. The van der Waals surface area contributed by atoms with Gasteiger partial charge in [-0.05, 0) is 24.1 Å². The summed E-state index contributed by atoms with van der Waals surface area (Å²) < 4.78 is 39.2. The summed E-state index contributed by atoms with van der Waals surface area (Å²) in [7, 11) is -1.65. The molecule has 0 saturated carbocycles. The molecule has 6 nitrogen and oxygen atoms in total. The van der Waals surface area contributed by atoms with Gasteiger partial charge in [-0.15, -0.1) is 0 Å². The maximum absolute atomic E-state index is 11.9. The summed E-state index contributed by atoms with van der Waals surface area (Å²) in [5.41, 5.74) is 6.70. The monoisotopic (exact) mass is 301 g/mol. The fraction of sp³-hybridized carbons (Fsp3) is 0.538. The van der Waals surface area contributed by atoms with Crippen LogP contribution in [0.15, 0.2) is 18.2 Å². The molecule has 1 unspecified atom stereocenters. The van der Waals surface area contributed by atoms with E-state index >= 15 is 0 Å². The van der Waals surface area contributed by atoms with Gasteiger partial charge >= 0.3 is 0 Å². The minimum Gasteiger partial charge on any atom is -0.454 e. The predicted molar refractivity (Wildman–Crippen MR) is 74.6 cm³/mol. The molecule has 0 aliphatic carbocycles. The molecule has 1 heterocycles. The number of methoxy groups -OCH3 is 1. The van der Waals surface area contributed by atoms with Gasteiger partial charge in [0.15, 0.2) is 21.3 Å². The van der Waals surface area contributed by atoms with E-state index in [9.17, 15) is 8.42 Å². The SMILES string of the molecule is COCCCS(=O)(=O)CC(N)c1ccc2c(c1)OCO2. The van der Waals surface area contributed by atoms with Crippen LogP contribution >= 0.6 is 0 Å². The van der Waals surface area contributed by atoms with Crippen molar-refractivity contribution in [1.29, 1.82) is 0 Å². The van der Waals surface area contributed by atoms with Crippen molar-refractivity contribution in [3.63, 3.8) is 0 Å². The summed E-state index contributed by atoms with van der Waals surface area (Å²) in [6, 6.07) is 4.67. The standard InChI is InChI=1S/C13H19NO5S/c1-17-5-2-6-20(15,16)8-11(14)10-3-4-12-13(7-10)19-9-18-12/h3-4,7,11H,2,5-6,8-9,14H2,1H3. The van der Waals surface area contributed by atoms with E-state index in [1.54, 1.807) is 25.3 Å². The lowest BCUT2D eigenvalue weighted by atomic mass is 10.1. The molecule has 0 spiro atoms. The molecule has 0 aromatic heterocycles. The molecular formula is C13H19NO5S. The molecule has 1 aromatic rings. The van der Waals surface area contributed by atoms with Crippen LogP contribution in [-0.4, -0.2) is 40.4 Å². The van der Waals surface area contributed by atoms with Crippen LogP contribution < -0.4 is 15.2 Å². The highest BCUT2D eigenvalue weighted by Gasteiger charge is 2.20. The normalized spacial score (nSPS) is 15.3. The first-order valence-corrected chi connectivity index (χ1v) is 8.18. The number of fused-ring (bicyclic) bond motifs is 1. The summed E-state index contributed by atoms with van der Waals surface area (Å²) in [6.07, 6.45) is 0.479. The number of nitrogens with two attached hydrogens (primary N) is 1. The molecule has 0 saturated heterocycles. The molecule has 7 heteroatoms. The van der Waals surface area contributed by atoms with Crippen LogP contribution in [0.4, 0.5) is 0 Å². The van der Waals surface area contributed by atoms with Gasteiger partial charge < -0.3 is 19.9 Å². The van der Waals surface area contributed by atoms with Crippen LogP contribution in [0.1, 0.15) is 18.0 Å². The number of hydrogen-bond acceptors (Lipinski definition) is 6. The fourth-order valence-corrected chi connectivity index (χ4v) is 3.48. The fourth-order valence-electron chi connectivity index (χ4n) is 2.02. The van der Waals surface area contributed by atoms with Gasteiger partial charge in [-0.1, -0.05) is 6.07 Å². The molecule has 0 amide bonds. The Kier molecular flexibility index (Phi) is 4.85. The van der Waals surface area contributed by atoms with Gasteiger partial charge in [-0.2, -0.15) is 0 Å². The van der Waals surface area contributed by atoms with Crippen LogP contribution in [0.3, 0.4) is 0 Å². The van der Waals surface area contributed by atoms with Crippen molar-refractivity contribution in [2.75, 3.05) is 32.0 Å². The highest BCUT2D eigenvalue weighted by Crippen LogP contribution is 2.34. The number of ether oxygens (including phenoxy) is 3. The summed E-state index contributed by atoms with van der Waals surface area (Å²) in [6.45, 7) is 0.613. The van der Waals surface area contributed by atoms with E-state index in [4.69, 9.17) is 19.9 Å². The zero-order chi connectivity index (χ0) is 14.6. The van der Waals surface area contributed by atoms with Gasteiger partial charge in [-0.3, -0.25) is 0 Å². The highest BCUT2D eigenvalue weighted by atomic mass is 32.2. The van der Waals surface area contributed by atoms with Crippen molar-refractivity contribution in [2.24, 2.45) is 5.73 Å². The van der Waals surface area contributed by atoms with E-state index in [-0.39, 0.29) is 18.3 Å². The molecule has 112 valence electrons. The maximum Gasteiger partial charge on any atom is 0.231 e. The average Bonchev–Trinajstić information content (AvgIpc) is 2.85. The van der Waals surface area contributed by atoms with E-state index in [0.29, 0.717) is 24.5 Å². The molecule has 0 bridgehead atoms. The van der Waals surface area contributed by atoms with Crippen LogP contribution in [0.5, 0.6) is 11.5 Å². The van der Waals surface area contributed by atoms with E-state index in [1.807, 2.05) is 0 Å². The van der Waals surface area contributed by atoms with Crippen molar-refractivity contribution >= 4 is 9.84 Å². The van der Waals surface area contributed by atoms with Crippen molar-refractivity contribution in [2.45, 2.75) is 12.5 Å². The Morgan fingerprint density at radius 2 is 2.10 bits per heavy atom. The van der Waals surface area contributed by atoms with Crippen LogP contribution in [0.25, 0.3) is 0 Å². The summed E-state index contributed by atoms with van der Waals surface area (Å²) in [4.78, 5) is 0. The lowest BCUT2D eigenvalue weighted by Gasteiger charge is -2.13. The Morgan fingerprint density at radius 1 is 1.35 bits per heavy atom. The van der Waals surface area contributed by atoms with E-state index in [0.717, 1.165) is 5.56 Å². The molecule has 20 heavy (non-hydrogen) atoms. The number of hydrogen-bond donors (Lipinski definition) is 1. The van der Waals surface area contributed by atoms with Gasteiger partial charge in [0.05, 0.1) is 11.5 Å². The van der Waals surface area contributed by atoms with Gasteiger partial charge in [0.25, 0.3) is 0 Å². The second-order valence-corrected chi connectivity index (χ2v) is 6.91. The van der Waals surface area contributed by atoms with Crippen molar-refractivity contribution in [3.8, 4) is 11.5 Å². The van der Waals surface area contributed by atoms with Crippen LogP contribution in [0, 0.1) is 0 Å². The van der Waals surface area contributed by atoms with Gasteiger partial charge in [-0.25, -0.2) is 8.42 Å². The molecule has 1 atom stereocenters. The third kappa shape index (κ3) is 3.84.